The van der Waals surface area contributed by atoms with Crippen molar-refractivity contribution in [2.45, 2.75) is 26.3 Å². The van der Waals surface area contributed by atoms with Crippen LogP contribution in [0.1, 0.15) is 30.6 Å². The van der Waals surface area contributed by atoms with Crippen molar-refractivity contribution >= 4 is 17.5 Å². The zero-order valence-corrected chi connectivity index (χ0v) is 14.9. The van der Waals surface area contributed by atoms with Gasteiger partial charge in [0.05, 0.1) is 11.8 Å². The fourth-order valence-electron chi connectivity index (χ4n) is 2.42. The van der Waals surface area contributed by atoms with Gasteiger partial charge in [0.1, 0.15) is 0 Å². The zero-order chi connectivity index (χ0) is 17.8. The summed E-state index contributed by atoms with van der Waals surface area (Å²) in [6.07, 6.45) is 2.52. The van der Waals surface area contributed by atoms with Gasteiger partial charge < -0.3 is 9.73 Å². The van der Waals surface area contributed by atoms with E-state index in [-0.39, 0.29) is 11.9 Å². The Labute approximate surface area is 151 Å². The van der Waals surface area contributed by atoms with Crippen LogP contribution in [0, 0.1) is 0 Å². The quantitative estimate of drug-likeness (QED) is 0.686. The number of benzene rings is 2. The van der Waals surface area contributed by atoms with Gasteiger partial charge in [-0.15, -0.1) is 0 Å². The molecule has 0 spiro atoms. The molecule has 5 heteroatoms. The van der Waals surface area contributed by atoms with Crippen LogP contribution in [0.2, 0.25) is 5.02 Å². The maximum Gasteiger partial charge on any atom is 0.252 e. The molecular formula is C20H19ClN2O2. The molecule has 1 aromatic heterocycles. The lowest BCUT2D eigenvalue weighted by molar-refractivity contribution is 0.0939. The van der Waals surface area contributed by atoms with E-state index in [0.717, 1.165) is 12.0 Å². The van der Waals surface area contributed by atoms with Crippen molar-refractivity contribution < 1.29 is 9.21 Å². The average Bonchev–Trinajstić information content (AvgIpc) is 3.12. The van der Waals surface area contributed by atoms with Crippen LogP contribution < -0.4 is 5.32 Å². The molecule has 128 valence electrons. The van der Waals surface area contributed by atoms with Gasteiger partial charge in [0.2, 0.25) is 5.89 Å². The van der Waals surface area contributed by atoms with Gasteiger partial charge in [0.25, 0.3) is 5.91 Å². The molecule has 1 N–H and O–H groups in total. The van der Waals surface area contributed by atoms with Gasteiger partial charge in [-0.05, 0) is 49.7 Å². The Balaban J connectivity index is 1.93. The molecule has 3 aromatic rings. The smallest absolute Gasteiger partial charge is 0.252 e. The minimum Gasteiger partial charge on any atom is -0.436 e. The highest BCUT2D eigenvalue weighted by atomic mass is 35.5. The van der Waals surface area contributed by atoms with Crippen molar-refractivity contribution in [1.82, 2.24) is 10.3 Å². The fraction of sp³-hybridized carbons (Fsp3) is 0.200. The number of carbonyl (C=O) groups is 1. The minimum absolute atomic E-state index is 0.106. The summed E-state index contributed by atoms with van der Waals surface area (Å²) in [5.41, 5.74) is 2.10. The lowest BCUT2D eigenvalue weighted by Gasteiger charge is -2.12. The van der Waals surface area contributed by atoms with E-state index < -0.39 is 0 Å². The number of halogens is 1. The normalized spacial score (nSPS) is 12.0. The standard InChI is InChI=1S/C20H19ClN2O2/c1-3-13(2)23-19(24)16-6-4-5-7-17(16)20-22-12-18(25-20)14-8-10-15(21)11-9-14/h4-13H,3H2,1-2H3,(H,23,24). The Morgan fingerprint density at radius 1 is 1.20 bits per heavy atom. The Bertz CT molecular complexity index is 871. The van der Waals surface area contributed by atoms with Crippen LogP contribution in [0.25, 0.3) is 22.8 Å². The molecular weight excluding hydrogens is 336 g/mol. The summed E-state index contributed by atoms with van der Waals surface area (Å²) in [4.78, 5) is 16.9. The van der Waals surface area contributed by atoms with Gasteiger partial charge >= 0.3 is 0 Å². The van der Waals surface area contributed by atoms with Crippen LogP contribution in [0.4, 0.5) is 0 Å². The summed E-state index contributed by atoms with van der Waals surface area (Å²) in [6, 6.07) is 14.7. The van der Waals surface area contributed by atoms with Crippen molar-refractivity contribution in [3.05, 3.63) is 65.3 Å². The van der Waals surface area contributed by atoms with E-state index in [1.807, 2.05) is 44.2 Å². The summed E-state index contributed by atoms with van der Waals surface area (Å²) in [7, 11) is 0. The third-order valence-electron chi connectivity index (χ3n) is 4.03. The zero-order valence-electron chi connectivity index (χ0n) is 14.1. The van der Waals surface area contributed by atoms with Crippen LogP contribution in [0.3, 0.4) is 0 Å². The molecule has 0 saturated carbocycles. The molecule has 3 rings (SSSR count). The van der Waals surface area contributed by atoms with Crippen molar-refractivity contribution in [2.75, 3.05) is 0 Å². The molecule has 25 heavy (non-hydrogen) atoms. The second kappa shape index (κ2) is 7.53. The van der Waals surface area contributed by atoms with Crippen LogP contribution in [-0.2, 0) is 0 Å². The molecule has 0 saturated heterocycles. The first-order valence-electron chi connectivity index (χ1n) is 8.20. The van der Waals surface area contributed by atoms with E-state index >= 15 is 0 Å². The lowest BCUT2D eigenvalue weighted by Crippen LogP contribution is -2.32. The van der Waals surface area contributed by atoms with E-state index in [9.17, 15) is 4.79 Å². The number of amides is 1. The number of aromatic nitrogens is 1. The molecule has 2 aromatic carbocycles. The molecule has 0 aliphatic carbocycles. The maximum atomic E-state index is 12.5. The third kappa shape index (κ3) is 3.91. The molecule has 1 amide bonds. The van der Waals surface area contributed by atoms with E-state index in [2.05, 4.69) is 10.3 Å². The summed E-state index contributed by atoms with van der Waals surface area (Å²) in [5.74, 6) is 0.917. The first-order valence-corrected chi connectivity index (χ1v) is 8.58. The van der Waals surface area contributed by atoms with Gasteiger partial charge in [-0.2, -0.15) is 0 Å². The first-order chi connectivity index (χ1) is 12.1. The molecule has 4 nitrogen and oxygen atoms in total. The SMILES string of the molecule is CCC(C)NC(=O)c1ccccc1-c1ncc(-c2ccc(Cl)cc2)o1. The third-order valence-corrected chi connectivity index (χ3v) is 4.28. The van der Waals surface area contributed by atoms with Crippen LogP contribution in [-0.4, -0.2) is 16.9 Å². The molecule has 0 aliphatic heterocycles. The Hall–Kier alpha value is -2.59. The number of rotatable bonds is 5. The van der Waals surface area contributed by atoms with Gasteiger partial charge in [-0.25, -0.2) is 4.98 Å². The summed E-state index contributed by atoms with van der Waals surface area (Å²) < 4.78 is 5.88. The van der Waals surface area contributed by atoms with Crippen molar-refractivity contribution in [3.63, 3.8) is 0 Å². The monoisotopic (exact) mass is 354 g/mol. The van der Waals surface area contributed by atoms with E-state index in [0.29, 0.717) is 27.8 Å². The predicted molar refractivity (Wildman–Crippen MR) is 99.6 cm³/mol. The number of oxazole rings is 1. The predicted octanol–water partition coefficient (Wildman–Crippen LogP) is 5.19. The number of hydrogen-bond donors (Lipinski definition) is 1. The molecule has 1 atom stereocenters. The Morgan fingerprint density at radius 2 is 1.92 bits per heavy atom. The molecule has 1 unspecified atom stereocenters. The van der Waals surface area contributed by atoms with Crippen molar-refractivity contribution in [3.8, 4) is 22.8 Å². The van der Waals surface area contributed by atoms with Crippen LogP contribution in [0.15, 0.2) is 59.1 Å². The molecule has 1 heterocycles. The average molecular weight is 355 g/mol. The van der Waals surface area contributed by atoms with Crippen molar-refractivity contribution in [2.24, 2.45) is 0 Å². The molecule has 0 bridgehead atoms. The van der Waals surface area contributed by atoms with Gasteiger partial charge in [0, 0.05) is 22.2 Å². The summed E-state index contributed by atoms with van der Waals surface area (Å²) >= 11 is 5.92. The summed E-state index contributed by atoms with van der Waals surface area (Å²) in [5, 5.41) is 3.64. The highest BCUT2D eigenvalue weighted by Crippen LogP contribution is 2.29. The minimum atomic E-state index is -0.129. The number of nitrogens with one attached hydrogen (secondary N) is 1. The van der Waals surface area contributed by atoms with Crippen LogP contribution in [0.5, 0.6) is 0 Å². The van der Waals surface area contributed by atoms with E-state index in [1.165, 1.54) is 0 Å². The van der Waals surface area contributed by atoms with Crippen molar-refractivity contribution in [1.29, 1.82) is 0 Å². The number of carbonyl (C=O) groups excluding carboxylic acids is 1. The first kappa shape index (κ1) is 17.2. The number of nitrogens with zero attached hydrogens (tertiary/aromatic N) is 1. The maximum absolute atomic E-state index is 12.5. The topological polar surface area (TPSA) is 55.1 Å². The summed E-state index contributed by atoms with van der Waals surface area (Å²) in [6.45, 7) is 4.01. The van der Waals surface area contributed by atoms with E-state index in [1.54, 1.807) is 24.4 Å². The fourth-order valence-corrected chi connectivity index (χ4v) is 2.54. The Kier molecular flexibility index (Phi) is 5.19. The van der Waals surface area contributed by atoms with Crippen LogP contribution >= 0.6 is 11.6 Å². The van der Waals surface area contributed by atoms with Gasteiger partial charge in [-0.3, -0.25) is 4.79 Å². The highest BCUT2D eigenvalue weighted by molar-refractivity contribution is 6.30. The largest absolute Gasteiger partial charge is 0.436 e. The molecule has 0 radical (unpaired) electrons. The second-order valence-corrected chi connectivity index (χ2v) is 6.30. The van der Waals surface area contributed by atoms with Gasteiger partial charge in [0.15, 0.2) is 5.76 Å². The lowest BCUT2D eigenvalue weighted by atomic mass is 10.1. The number of hydrogen-bond acceptors (Lipinski definition) is 3. The van der Waals surface area contributed by atoms with E-state index in [4.69, 9.17) is 16.0 Å². The molecule has 0 aliphatic rings. The van der Waals surface area contributed by atoms with Gasteiger partial charge in [-0.1, -0.05) is 30.7 Å². The Morgan fingerprint density at radius 3 is 2.64 bits per heavy atom. The second-order valence-electron chi connectivity index (χ2n) is 5.86. The molecule has 0 fully saturated rings. The highest BCUT2D eigenvalue weighted by Gasteiger charge is 2.17.